The Bertz CT molecular complexity index is 114. The van der Waals surface area contributed by atoms with E-state index in [0.29, 0.717) is 18.1 Å². The van der Waals surface area contributed by atoms with Crippen molar-refractivity contribution in [3.63, 3.8) is 0 Å². The van der Waals surface area contributed by atoms with Crippen molar-refractivity contribution in [1.82, 2.24) is 0 Å². The fraction of sp³-hybridized carbons (Fsp3) is 1.00. The topological polar surface area (TPSA) is 35.2 Å². The Morgan fingerprint density at radius 3 is 2.45 bits per heavy atom. The number of ether oxygens (including phenoxy) is 1. The van der Waals surface area contributed by atoms with Crippen LogP contribution in [0.2, 0.25) is 0 Å². The molecule has 0 aliphatic heterocycles. The summed E-state index contributed by atoms with van der Waals surface area (Å²) in [6, 6.07) is 0.292. The molecule has 0 bridgehead atoms. The maximum Gasteiger partial charge on any atom is 0.0614 e. The van der Waals surface area contributed by atoms with Crippen LogP contribution in [0.5, 0.6) is 0 Å². The lowest BCUT2D eigenvalue weighted by Crippen LogP contribution is -2.38. The molecule has 2 N–H and O–H groups in total. The van der Waals surface area contributed by atoms with Crippen LogP contribution < -0.4 is 5.73 Å². The highest BCUT2D eigenvalue weighted by Crippen LogP contribution is 2.27. The number of hydrogen-bond acceptors (Lipinski definition) is 2. The van der Waals surface area contributed by atoms with Gasteiger partial charge in [0, 0.05) is 13.2 Å². The van der Waals surface area contributed by atoms with E-state index in [-0.39, 0.29) is 0 Å². The van der Waals surface area contributed by atoms with E-state index in [1.807, 2.05) is 0 Å². The van der Waals surface area contributed by atoms with Crippen LogP contribution in [0.1, 0.15) is 32.6 Å². The molecule has 0 aromatic rings. The maximum atomic E-state index is 5.85. The Morgan fingerprint density at radius 1 is 1.36 bits per heavy atom. The van der Waals surface area contributed by atoms with Crippen molar-refractivity contribution < 1.29 is 4.74 Å². The Hall–Kier alpha value is -0.0800. The van der Waals surface area contributed by atoms with Gasteiger partial charge in [0.1, 0.15) is 0 Å². The lowest BCUT2D eigenvalue weighted by Gasteiger charge is -2.32. The highest BCUT2D eigenvalue weighted by molar-refractivity contribution is 4.81. The average Bonchev–Trinajstić information content (AvgIpc) is 2.04. The monoisotopic (exact) mass is 157 g/mol. The number of rotatable bonds is 2. The molecule has 0 radical (unpaired) electrons. The first-order chi connectivity index (χ1) is 5.25. The standard InChI is InChI=1S/C9H19NO/c1-7(10)8-5-3-4-6-9(8)11-2/h7-9H,3-6,10H2,1-2H3. The molecule has 0 aromatic carbocycles. The lowest BCUT2D eigenvalue weighted by molar-refractivity contribution is 0.0158. The SMILES string of the molecule is COC1CCCCC1C(C)N. The summed E-state index contributed by atoms with van der Waals surface area (Å²) in [6.45, 7) is 2.09. The molecule has 11 heavy (non-hydrogen) atoms. The van der Waals surface area contributed by atoms with Crippen molar-refractivity contribution in [3.8, 4) is 0 Å². The molecule has 3 unspecified atom stereocenters. The summed E-state index contributed by atoms with van der Waals surface area (Å²) in [6.07, 6.45) is 5.50. The number of methoxy groups -OCH3 is 1. The van der Waals surface area contributed by atoms with E-state index in [2.05, 4.69) is 6.92 Å². The van der Waals surface area contributed by atoms with Crippen LogP contribution in [-0.2, 0) is 4.74 Å². The van der Waals surface area contributed by atoms with E-state index < -0.39 is 0 Å². The molecule has 1 aliphatic rings. The molecule has 1 fully saturated rings. The molecular weight excluding hydrogens is 138 g/mol. The minimum Gasteiger partial charge on any atom is -0.381 e. The van der Waals surface area contributed by atoms with Crippen molar-refractivity contribution >= 4 is 0 Å². The molecule has 1 saturated carbocycles. The van der Waals surface area contributed by atoms with Gasteiger partial charge in [-0.05, 0) is 25.7 Å². The second kappa shape index (κ2) is 4.07. The third-order valence-corrected chi connectivity index (χ3v) is 2.73. The first kappa shape index (κ1) is 9.01. The second-order valence-corrected chi connectivity index (χ2v) is 3.58. The molecule has 0 spiro atoms. The quantitative estimate of drug-likeness (QED) is 0.660. The summed E-state index contributed by atoms with van der Waals surface area (Å²) >= 11 is 0. The van der Waals surface area contributed by atoms with Gasteiger partial charge in [-0.3, -0.25) is 0 Å². The van der Waals surface area contributed by atoms with Crippen LogP contribution in [0.3, 0.4) is 0 Å². The number of hydrogen-bond donors (Lipinski definition) is 1. The molecule has 0 saturated heterocycles. The summed E-state index contributed by atoms with van der Waals surface area (Å²) < 4.78 is 5.39. The molecule has 0 amide bonds. The molecular formula is C9H19NO. The highest BCUT2D eigenvalue weighted by Gasteiger charge is 2.27. The van der Waals surface area contributed by atoms with Crippen LogP contribution in [0.25, 0.3) is 0 Å². The predicted molar refractivity (Wildman–Crippen MR) is 46.4 cm³/mol. The Labute approximate surface area is 69.1 Å². The highest BCUT2D eigenvalue weighted by atomic mass is 16.5. The van der Waals surface area contributed by atoms with Crippen molar-refractivity contribution in [1.29, 1.82) is 0 Å². The van der Waals surface area contributed by atoms with Crippen molar-refractivity contribution in [2.24, 2.45) is 11.7 Å². The van der Waals surface area contributed by atoms with Crippen LogP contribution in [-0.4, -0.2) is 19.3 Å². The third-order valence-electron chi connectivity index (χ3n) is 2.73. The summed E-state index contributed by atoms with van der Waals surface area (Å²) in [5, 5.41) is 0. The zero-order chi connectivity index (χ0) is 8.27. The fourth-order valence-electron chi connectivity index (χ4n) is 2.02. The van der Waals surface area contributed by atoms with Gasteiger partial charge in [0.05, 0.1) is 6.10 Å². The second-order valence-electron chi connectivity index (χ2n) is 3.58. The largest absolute Gasteiger partial charge is 0.381 e. The van der Waals surface area contributed by atoms with E-state index in [1.165, 1.54) is 25.7 Å². The van der Waals surface area contributed by atoms with Gasteiger partial charge < -0.3 is 10.5 Å². The predicted octanol–water partition coefficient (Wildman–Crippen LogP) is 1.54. The van der Waals surface area contributed by atoms with E-state index in [1.54, 1.807) is 7.11 Å². The number of nitrogens with two attached hydrogens (primary N) is 1. The summed E-state index contributed by atoms with van der Waals surface area (Å²) in [5.41, 5.74) is 5.85. The van der Waals surface area contributed by atoms with E-state index in [0.717, 1.165) is 0 Å². The van der Waals surface area contributed by atoms with Gasteiger partial charge in [-0.15, -0.1) is 0 Å². The Kier molecular flexibility index (Phi) is 3.34. The van der Waals surface area contributed by atoms with Gasteiger partial charge in [0.2, 0.25) is 0 Å². The lowest BCUT2D eigenvalue weighted by atomic mass is 9.82. The van der Waals surface area contributed by atoms with E-state index >= 15 is 0 Å². The van der Waals surface area contributed by atoms with Crippen LogP contribution >= 0.6 is 0 Å². The van der Waals surface area contributed by atoms with Gasteiger partial charge in [-0.2, -0.15) is 0 Å². The molecule has 2 nitrogen and oxygen atoms in total. The van der Waals surface area contributed by atoms with E-state index in [4.69, 9.17) is 10.5 Å². The molecule has 0 heterocycles. The normalized spacial score (nSPS) is 35.2. The maximum absolute atomic E-state index is 5.85. The van der Waals surface area contributed by atoms with Gasteiger partial charge in [0.25, 0.3) is 0 Å². The third kappa shape index (κ3) is 2.17. The molecule has 66 valence electrons. The molecule has 0 aromatic heterocycles. The van der Waals surface area contributed by atoms with Gasteiger partial charge in [0.15, 0.2) is 0 Å². The Balaban J connectivity index is 2.44. The van der Waals surface area contributed by atoms with Crippen LogP contribution in [0, 0.1) is 5.92 Å². The van der Waals surface area contributed by atoms with Crippen LogP contribution in [0.15, 0.2) is 0 Å². The molecule has 1 rings (SSSR count). The summed E-state index contributed by atoms with van der Waals surface area (Å²) in [7, 11) is 1.80. The minimum absolute atomic E-state index is 0.292. The van der Waals surface area contributed by atoms with Gasteiger partial charge >= 0.3 is 0 Å². The summed E-state index contributed by atoms with van der Waals surface area (Å²) in [4.78, 5) is 0. The smallest absolute Gasteiger partial charge is 0.0614 e. The van der Waals surface area contributed by atoms with Crippen molar-refractivity contribution in [3.05, 3.63) is 0 Å². The summed E-state index contributed by atoms with van der Waals surface area (Å²) in [5.74, 6) is 0.591. The van der Waals surface area contributed by atoms with Gasteiger partial charge in [-0.25, -0.2) is 0 Å². The minimum atomic E-state index is 0.292. The molecule has 3 atom stereocenters. The molecule has 2 heteroatoms. The first-order valence-corrected chi connectivity index (χ1v) is 4.54. The zero-order valence-corrected chi connectivity index (χ0v) is 7.55. The first-order valence-electron chi connectivity index (χ1n) is 4.54. The molecule has 1 aliphatic carbocycles. The van der Waals surface area contributed by atoms with Crippen molar-refractivity contribution in [2.45, 2.75) is 44.8 Å². The van der Waals surface area contributed by atoms with Crippen LogP contribution in [0.4, 0.5) is 0 Å². The average molecular weight is 157 g/mol. The van der Waals surface area contributed by atoms with E-state index in [9.17, 15) is 0 Å². The van der Waals surface area contributed by atoms with Gasteiger partial charge in [-0.1, -0.05) is 12.8 Å². The Morgan fingerprint density at radius 2 is 2.00 bits per heavy atom. The fourth-order valence-corrected chi connectivity index (χ4v) is 2.02. The zero-order valence-electron chi connectivity index (χ0n) is 7.55. The van der Waals surface area contributed by atoms with Crippen molar-refractivity contribution in [2.75, 3.05) is 7.11 Å².